The first kappa shape index (κ1) is 25.4. The zero-order chi connectivity index (χ0) is 25.3. The van der Waals surface area contributed by atoms with Gasteiger partial charge >= 0.3 is 5.97 Å². The Bertz CT molecular complexity index is 984. The van der Waals surface area contributed by atoms with Gasteiger partial charge < -0.3 is 10.2 Å². The predicted molar refractivity (Wildman–Crippen MR) is 135 cm³/mol. The van der Waals surface area contributed by atoms with Crippen LogP contribution in [0.5, 0.6) is 0 Å². The summed E-state index contributed by atoms with van der Waals surface area (Å²) in [5.74, 6) is 0.0737. The van der Waals surface area contributed by atoms with Crippen LogP contribution >= 0.6 is 0 Å². The zero-order valence-corrected chi connectivity index (χ0v) is 22.2. The van der Waals surface area contributed by atoms with E-state index >= 15 is 0 Å². The number of carbonyl (C=O) groups excluding carboxylic acids is 1. The van der Waals surface area contributed by atoms with Crippen molar-refractivity contribution in [2.24, 2.45) is 39.4 Å². The van der Waals surface area contributed by atoms with E-state index in [0.717, 1.165) is 38.5 Å². The summed E-state index contributed by atoms with van der Waals surface area (Å²) >= 11 is 0. The van der Waals surface area contributed by atoms with Gasteiger partial charge in [0.2, 0.25) is 0 Å². The van der Waals surface area contributed by atoms with Crippen LogP contribution in [0.25, 0.3) is 0 Å². The zero-order valence-electron chi connectivity index (χ0n) is 22.2. The molecule has 2 N–H and O–H groups in total. The van der Waals surface area contributed by atoms with E-state index in [0.29, 0.717) is 18.3 Å². The fraction of sp³-hybridized carbons (Fsp3) is 0.733. The van der Waals surface area contributed by atoms with Crippen LogP contribution in [0.15, 0.2) is 34.9 Å². The number of aliphatic hydroxyl groups is 1. The molecule has 2 fully saturated rings. The van der Waals surface area contributed by atoms with E-state index in [4.69, 9.17) is 5.11 Å². The molecule has 7 atom stereocenters. The van der Waals surface area contributed by atoms with Crippen molar-refractivity contribution >= 4 is 11.8 Å². The van der Waals surface area contributed by atoms with Crippen LogP contribution in [0.4, 0.5) is 0 Å². The molecule has 0 spiro atoms. The maximum Gasteiger partial charge on any atom is 0.331 e. The van der Waals surface area contributed by atoms with Crippen LogP contribution in [0.3, 0.4) is 0 Å². The van der Waals surface area contributed by atoms with Crippen LogP contribution < -0.4 is 0 Å². The van der Waals surface area contributed by atoms with Gasteiger partial charge in [-0.2, -0.15) is 0 Å². The Morgan fingerprint density at radius 2 is 1.79 bits per heavy atom. The second-order valence-corrected chi connectivity index (χ2v) is 13.2. The molecule has 4 aliphatic rings. The maximum atomic E-state index is 12.7. The fourth-order valence-corrected chi connectivity index (χ4v) is 8.59. The molecule has 0 amide bonds. The maximum absolute atomic E-state index is 12.7. The monoisotopic (exact) mass is 468 g/mol. The van der Waals surface area contributed by atoms with Crippen molar-refractivity contribution < 1.29 is 19.8 Å². The van der Waals surface area contributed by atoms with Crippen LogP contribution in [0.1, 0.15) is 93.4 Å². The molecule has 4 rings (SSSR count). The first-order valence-corrected chi connectivity index (χ1v) is 13.2. The number of carbonyl (C=O) groups is 2. The van der Waals surface area contributed by atoms with E-state index < -0.39 is 5.97 Å². The van der Waals surface area contributed by atoms with Crippen molar-refractivity contribution in [1.29, 1.82) is 0 Å². The standard InChI is InChI=1S/C30H44O4/c1-18(26(33)34)16-20(31)17-19(2)29(6)14-11-23-21-8-9-24-27(3,4)25(32)12-13-28(24,5)22(21)10-15-30(23,29)7/h8,11,16,19,22,24-25,32H,9-10,12-15,17H2,1-7H3,(H,33,34)/b18-16+/t19-,22-,24-,25-,28-,29+,30-/m1/s1. The number of allylic oxidation sites excluding steroid dienone is 5. The summed E-state index contributed by atoms with van der Waals surface area (Å²) in [6, 6.07) is 0. The molecule has 0 aromatic heterocycles. The number of aliphatic carboxylic acids is 1. The first-order valence-electron chi connectivity index (χ1n) is 13.2. The molecule has 4 heteroatoms. The third-order valence-corrected chi connectivity index (χ3v) is 11.4. The average Bonchev–Trinajstić information content (AvgIpc) is 3.03. The summed E-state index contributed by atoms with van der Waals surface area (Å²) in [6.07, 6.45) is 12.7. The van der Waals surface area contributed by atoms with Crippen molar-refractivity contribution in [2.75, 3.05) is 0 Å². The lowest BCUT2D eigenvalue weighted by Gasteiger charge is -2.62. The van der Waals surface area contributed by atoms with E-state index in [-0.39, 0.29) is 45.0 Å². The van der Waals surface area contributed by atoms with E-state index in [1.807, 2.05) is 0 Å². The van der Waals surface area contributed by atoms with Crippen LogP contribution in [0.2, 0.25) is 0 Å². The van der Waals surface area contributed by atoms with Gasteiger partial charge in [0, 0.05) is 12.0 Å². The number of carboxylic acids is 1. The highest BCUT2D eigenvalue weighted by Gasteiger charge is 2.61. The van der Waals surface area contributed by atoms with E-state index in [9.17, 15) is 14.7 Å². The molecule has 0 saturated heterocycles. The lowest BCUT2D eigenvalue weighted by molar-refractivity contribution is -0.133. The molecule has 0 bridgehead atoms. The second-order valence-electron chi connectivity index (χ2n) is 13.2. The Labute approximate surface area is 205 Å². The molecule has 0 aliphatic heterocycles. The van der Waals surface area contributed by atoms with E-state index in [1.165, 1.54) is 18.6 Å². The third-order valence-electron chi connectivity index (χ3n) is 11.4. The molecule has 0 heterocycles. The minimum Gasteiger partial charge on any atom is -0.478 e. The summed E-state index contributed by atoms with van der Waals surface area (Å²) in [6.45, 7) is 15.4. The normalized spacial score (nSPS) is 42.0. The molecule has 4 aliphatic carbocycles. The molecule has 0 unspecified atom stereocenters. The molecule has 34 heavy (non-hydrogen) atoms. The lowest BCUT2D eigenvalue weighted by atomic mass is 9.43. The molecule has 188 valence electrons. The highest BCUT2D eigenvalue weighted by Crippen LogP contribution is 2.70. The van der Waals surface area contributed by atoms with Crippen molar-refractivity contribution in [3.05, 3.63) is 34.9 Å². The van der Waals surface area contributed by atoms with Crippen molar-refractivity contribution in [1.82, 2.24) is 0 Å². The topological polar surface area (TPSA) is 74.6 Å². The minimum atomic E-state index is -1.03. The summed E-state index contributed by atoms with van der Waals surface area (Å²) in [5.41, 5.74) is 3.30. The van der Waals surface area contributed by atoms with Gasteiger partial charge in [-0.1, -0.05) is 53.7 Å². The number of hydrogen-bond acceptors (Lipinski definition) is 3. The van der Waals surface area contributed by atoms with Gasteiger partial charge in [-0.15, -0.1) is 0 Å². The Hall–Kier alpha value is -1.68. The Morgan fingerprint density at radius 3 is 2.44 bits per heavy atom. The molecular formula is C30H44O4. The van der Waals surface area contributed by atoms with Crippen LogP contribution in [0, 0.1) is 39.4 Å². The summed E-state index contributed by atoms with van der Waals surface area (Å²) < 4.78 is 0. The number of ketones is 1. The van der Waals surface area contributed by atoms with Crippen molar-refractivity contribution in [3.8, 4) is 0 Å². The number of carboxylic acid groups (broad SMARTS) is 1. The smallest absolute Gasteiger partial charge is 0.331 e. The average molecular weight is 469 g/mol. The van der Waals surface area contributed by atoms with Gasteiger partial charge in [-0.3, -0.25) is 4.79 Å². The summed E-state index contributed by atoms with van der Waals surface area (Å²) in [7, 11) is 0. The van der Waals surface area contributed by atoms with Gasteiger partial charge in [0.1, 0.15) is 0 Å². The lowest BCUT2D eigenvalue weighted by Crippen LogP contribution is -2.56. The van der Waals surface area contributed by atoms with Crippen LogP contribution in [-0.2, 0) is 9.59 Å². The molecule has 0 aromatic carbocycles. The quantitative estimate of drug-likeness (QED) is 0.452. The highest BCUT2D eigenvalue weighted by molar-refractivity contribution is 5.98. The molecule has 2 saturated carbocycles. The van der Waals surface area contributed by atoms with Gasteiger partial charge in [0.15, 0.2) is 5.78 Å². The SMILES string of the molecule is C/C(=C\C(=O)C[C@@H](C)[C@]1(C)CC=C2C3=CC[C@@H]4C(C)(C)[C@H](O)CC[C@]4(C)[C@@H]3CC[C@]21C)C(=O)O. The number of rotatable bonds is 5. The van der Waals surface area contributed by atoms with Gasteiger partial charge in [-0.05, 0) is 102 Å². The van der Waals surface area contributed by atoms with Gasteiger partial charge in [0.05, 0.1) is 6.10 Å². The van der Waals surface area contributed by atoms with Crippen molar-refractivity contribution in [3.63, 3.8) is 0 Å². The van der Waals surface area contributed by atoms with E-state index in [1.54, 1.807) is 5.57 Å². The number of aliphatic hydroxyl groups excluding tert-OH is 1. The summed E-state index contributed by atoms with van der Waals surface area (Å²) in [4.78, 5) is 23.8. The fourth-order valence-electron chi connectivity index (χ4n) is 8.59. The number of hydrogen-bond donors (Lipinski definition) is 2. The largest absolute Gasteiger partial charge is 0.478 e. The molecule has 0 aromatic rings. The van der Waals surface area contributed by atoms with Gasteiger partial charge in [-0.25, -0.2) is 4.79 Å². The number of fused-ring (bicyclic) bond motifs is 5. The molecule has 0 radical (unpaired) electrons. The Kier molecular flexibility index (Phi) is 6.12. The molecular weight excluding hydrogens is 424 g/mol. The summed E-state index contributed by atoms with van der Waals surface area (Å²) in [5, 5.41) is 19.9. The molecule has 4 nitrogen and oxygen atoms in total. The van der Waals surface area contributed by atoms with Crippen LogP contribution in [-0.4, -0.2) is 28.1 Å². The third kappa shape index (κ3) is 3.50. The van der Waals surface area contributed by atoms with E-state index in [2.05, 4.69) is 53.7 Å². The Morgan fingerprint density at radius 1 is 1.12 bits per heavy atom. The van der Waals surface area contributed by atoms with Gasteiger partial charge in [0.25, 0.3) is 0 Å². The first-order chi connectivity index (χ1) is 15.7. The predicted octanol–water partition coefficient (Wildman–Crippen LogP) is 6.50. The highest BCUT2D eigenvalue weighted by atomic mass is 16.4. The Balaban J connectivity index is 1.61. The van der Waals surface area contributed by atoms with Crippen molar-refractivity contribution in [2.45, 2.75) is 99.5 Å². The minimum absolute atomic E-state index is 0.0213. The second kappa shape index (κ2) is 8.18.